The van der Waals surface area contributed by atoms with Gasteiger partial charge in [-0.25, -0.2) is 4.98 Å². The van der Waals surface area contributed by atoms with Crippen LogP contribution in [0.4, 0.5) is 5.69 Å². The van der Waals surface area contributed by atoms with Gasteiger partial charge < -0.3 is 9.73 Å². The highest BCUT2D eigenvalue weighted by atomic mass is 16.3. The first-order valence-electron chi connectivity index (χ1n) is 9.49. The SMILES string of the molecule is O=C(Nc1ccc(Cc2nc3ccccc3o2)cc1)c1cccc2ccccc12. The summed E-state index contributed by atoms with van der Waals surface area (Å²) in [6.45, 7) is 0. The fraction of sp³-hybridized carbons (Fsp3) is 0.0400. The Balaban J connectivity index is 1.33. The molecule has 0 spiro atoms. The van der Waals surface area contributed by atoms with E-state index in [2.05, 4.69) is 10.3 Å². The Kier molecular flexibility index (Phi) is 4.30. The molecule has 0 unspecified atom stereocenters. The first-order valence-corrected chi connectivity index (χ1v) is 9.49. The molecule has 140 valence electrons. The van der Waals surface area contributed by atoms with Gasteiger partial charge in [0.15, 0.2) is 11.5 Å². The van der Waals surface area contributed by atoms with Crippen LogP contribution in [0.2, 0.25) is 0 Å². The molecule has 1 amide bonds. The van der Waals surface area contributed by atoms with Gasteiger partial charge in [0.2, 0.25) is 0 Å². The van der Waals surface area contributed by atoms with Gasteiger partial charge in [0.25, 0.3) is 5.91 Å². The monoisotopic (exact) mass is 378 g/mol. The Morgan fingerprint density at radius 3 is 2.45 bits per heavy atom. The molecular formula is C25H18N2O2. The molecule has 0 saturated heterocycles. The molecule has 0 fully saturated rings. The van der Waals surface area contributed by atoms with E-state index >= 15 is 0 Å². The van der Waals surface area contributed by atoms with Gasteiger partial charge in [-0.15, -0.1) is 0 Å². The van der Waals surface area contributed by atoms with Gasteiger partial charge in [0.05, 0.1) is 0 Å². The molecule has 0 aliphatic rings. The Bertz CT molecular complexity index is 1280. The van der Waals surface area contributed by atoms with Crippen LogP contribution < -0.4 is 5.32 Å². The van der Waals surface area contributed by atoms with Gasteiger partial charge in [-0.2, -0.15) is 0 Å². The number of benzene rings is 4. The van der Waals surface area contributed by atoms with Gasteiger partial charge >= 0.3 is 0 Å². The number of aromatic nitrogens is 1. The summed E-state index contributed by atoms with van der Waals surface area (Å²) in [5.74, 6) is 0.562. The number of oxazole rings is 1. The minimum atomic E-state index is -0.117. The molecule has 5 aromatic rings. The van der Waals surface area contributed by atoms with Crippen molar-refractivity contribution in [2.45, 2.75) is 6.42 Å². The highest BCUT2D eigenvalue weighted by Crippen LogP contribution is 2.21. The predicted molar refractivity (Wildman–Crippen MR) is 115 cm³/mol. The third-order valence-electron chi connectivity index (χ3n) is 4.94. The third kappa shape index (κ3) is 3.48. The number of anilines is 1. The van der Waals surface area contributed by atoms with Crippen LogP contribution in [0.3, 0.4) is 0 Å². The second-order valence-electron chi connectivity index (χ2n) is 6.93. The van der Waals surface area contributed by atoms with Crippen LogP contribution in [-0.4, -0.2) is 10.9 Å². The van der Waals surface area contributed by atoms with E-state index in [0.29, 0.717) is 17.9 Å². The van der Waals surface area contributed by atoms with Crippen molar-refractivity contribution in [3.8, 4) is 0 Å². The van der Waals surface area contributed by atoms with E-state index < -0.39 is 0 Å². The van der Waals surface area contributed by atoms with Crippen molar-refractivity contribution in [2.24, 2.45) is 0 Å². The molecule has 1 heterocycles. The van der Waals surface area contributed by atoms with Gasteiger partial charge in [-0.1, -0.05) is 60.7 Å². The number of nitrogens with zero attached hydrogens (tertiary/aromatic N) is 1. The van der Waals surface area contributed by atoms with E-state index in [0.717, 1.165) is 33.1 Å². The van der Waals surface area contributed by atoms with Crippen LogP contribution in [0.5, 0.6) is 0 Å². The largest absolute Gasteiger partial charge is 0.440 e. The lowest BCUT2D eigenvalue weighted by Gasteiger charge is -2.08. The van der Waals surface area contributed by atoms with Crippen LogP contribution in [0, 0.1) is 0 Å². The topological polar surface area (TPSA) is 55.1 Å². The average Bonchev–Trinajstić information content (AvgIpc) is 3.17. The standard InChI is InChI=1S/C25H18N2O2/c28-25(21-9-5-7-18-6-1-2-8-20(18)21)26-19-14-12-17(13-15-19)16-24-27-22-10-3-4-11-23(22)29-24/h1-15H,16H2,(H,26,28). The van der Waals surface area contributed by atoms with Gasteiger partial charge in [0.1, 0.15) is 5.52 Å². The smallest absolute Gasteiger partial charge is 0.256 e. The van der Waals surface area contributed by atoms with Crippen LogP contribution >= 0.6 is 0 Å². The van der Waals surface area contributed by atoms with Gasteiger partial charge in [-0.05, 0) is 46.7 Å². The second kappa shape index (κ2) is 7.24. The number of nitrogens with one attached hydrogen (secondary N) is 1. The number of amides is 1. The number of fused-ring (bicyclic) bond motifs is 2. The molecule has 29 heavy (non-hydrogen) atoms. The van der Waals surface area contributed by atoms with Crippen molar-refractivity contribution >= 4 is 33.5 Å². The maximum atomic E-state index is 12.8. The average molecular weight is 378 g/mol. The van der Waals surface area contributed by atoms with Crippen LogP contribution in [-0.2, 0) is 6.42 Å². The first kappa shape index (κ1) is 17.2. The minimum absolute atomic E-state index is 0.117. The van der Waals surface area contributed by atoms with Gasteiger partial charge in [-0.3, -0.25) is 4.79 Å². The minimum Gasteiger partial charge on any atom is -0.440 e. The highest BCUT2D eigenvalue weighted by molar-refractivity contribution is 6.12. The number of carbonyl (C=O) groups is 1. The summed E-state index contributed by atoms with van der Waals surface area (Å²) in [5, 5.41) is 4.98. The maximum Gasteiger partial charge on any atom is 0.256 e. The summed E-state index contributed by atoms with van der Waals surface area (Å²) >= 11 is 0. The summed E-state index contributed by atoms with van der Waals surface area (Å²) in [7, 11) is 0. The number of carbonyl (C=O) groups excluding carboxylic acids is 1. The fourth-order valence-corrected chi connectivity index (χ4v) is 3.50. The molecule has 0 aliphatic heterocycles. The molecule has 4 aromatic carbocycles. The molecule has 4 heteroatoms. The fourth-order valence-electron chi connectivity index (χ4n) is 3.50. The molecular weight excluding hydrogens is 360 g/mol. The second-order valence-corrected chi connectivity index (χ2v) is 6.93. The normalized spacial score (nSPS) is 11.0. The molecule has 0 saturated carbocycles. The molecule has 0 bridgehead atoms. The van der Waals surface area contributed by atoms with E-state index in [9.17, 15) is 4.79 Å². The maximum absolute atomic E-state index is 12.8. The van der Waals surface area contributed by atoms with Crippen molar-refractivity contribution in [2.75, 3.05) is 5.32 Å². The Hall–Kier alpha value is -3.92. The molecule has 1 N–H and O–H groups in total. The third-order valence-corrected chi connectivity index (χ3v) is 4.94. The van der Waals surface area contributed by atoms with E-state index in [1.54, 1.807) is 0 Å². The molecule has 0 atom stereocenters. The van der Waals surface area contributed by atoms with Crippen LogP contribution in [0.1, 0.15) is 21.8 Å². The molecule has 5 rings (SSSR count). The molecule has 0 radical (unpaired) electrons. The summed E-state index contributed by atoms with van der Waals surface area (Å²) in [5.41, 5.74) is 4.14. The number of para-hydroxylation sites is 2. The van der Waals surface area contributed by atoms with Crippen molar-refractivity contribution in [1.29, 1.82) is 0 Å². The Morgan fingerprint density at radius 1 is 0.828 bits per heavy atom. The van der Waals surface area contributed by atoms with Crippen molar-refractivity contribution < 1.29 is 9.21 Å². The summed E-state index contributed by atoms with van der Waals surface area (Å²) in [4.78, 5) is 17.3. The first-order chi connectivity index (χ1) is 14.3. The van der Waals surface area contributed by atoms with E-state index in [1.807, 2.05) is 91.0 Å². The molecule has 4 nitrogen and oxygen atoms in total. The van der Waals surface area contributed by atoms with E-state index in [1.165, 1.54) is 0 Å². The summed E-state index contributed by atoms with van der Waals surface area (Å²) < 4.78 is 5.78. The zero-order valence-electron chi connectivity index (χ0n) is 15.6. The summed E-state index contributed by atoms with van der Waals surface area (Å²) in [6, 6.07) is 29.1. The Labute approximate surface area is 167 Å². The van der Waals surface area contributed by atoms with Crippen LogP contribution in [0.15, 0.2) is 95.4 Å². The van der Waals surface area contributed by atoms with Crippen molar-refractivity contribution in [3.63, 3.8) is 0 Å². The quantitative estimate of drug-likeness (QED) is 0.428. The highest BCUT2D eigenvalue weighted by Gasteiger charge is 2.10. The lowest BCUT2D eigenvalue weighted by Crippen LogP contribution is -2.12. The van der Waals surface area contributed by atoms with Gasteiger partial charge in [0, 0.05) is 17.7 Å². The zero-order chi connectivity index (χ0) is 19.6. The molecule has 1 aromatic heterocycles. The zero-order valence-corrected chi connectivity index (χ0v) is 15.6. The lowest BCUT2D eigenvalue weighted by atomic mass is 10.0. The van der Waals surface area contributed by atoms with E-state index in [-0.39, 0.29) is 5.91 Å². The van der Waals surface area contributed by atoms with Crippen LogP contribution in [0.25, 0.3) is 21.9 Å². The van der Waals surface area contributed by atoms with E-state index in [4.69, 9.17) is 4.42 Å². The summed E-state index contributed by atoms with van der Waals surface area (Å²) in [6.07, 6.45) is 0.603. The number of hydrogen-bond donors (Lipinski definition) is 1. The lowest BCUT2D eigenvalue weighted by molar-refractivity contribution is 0.102. The van der Waals surface area contributed by atoms with Crippen molar-refractivity contribution in [1.82, 2.24) is 4.98 Å². The Morgan fingerprint density at radius 2 is 1.59 bits per heavy atom. The number of rotatable bonds is 4. The molecule has 0 aliphatic carbocycles. The van der Waals surface area contributed by atoms with Crippen molar-refractivity contribution in [3.05, 3.63) is 108 Å². The number of hydrogen-bond acceptors (Lipinski definition) is 3. The predicted octanol–water partition coefficient (Wildman–Crippen LogP) is 5.82.